The third kappa shape index (κ3) is 6.02. The highest BCUT2D eigenvalue weighted by Gasteiger charge is 2.20. The van der Waals surface area contributed by atoms with Crippen LogP contribution in [0.1, 0.15) is 19.8 Å². The lowest BCUT2D eigenvalue weighted by Crippen LogP contribution is -2.35. The van der Waals surface area contributed by atoms with Gasteiger partial charge in [0.1, 0.15) is 0 Å². The molecule has 3 heteroatoms. The van der Waals surface area contributed by atoms with Crippen molar-refractivity contribution in [2.24, 2.45) is 5.92 Å². The van der Waals surface area contributed by atoms with E-state index in [0.29, 0.717) is 6.04 Å². The molecule has 1 fully saturated rings. The Bertz CT molecular complexity index is 126. The maximum Gasteiger partial charge on any atom is 0.0591 e. The van der Waals surface area contributed by atoms with Crippen molar-refractivity contribution in [2.75, 3.05) is 33.4 Å². The first kappa shape index (κ1) is 11.0. The number of ether oxygens (including phenoxy) is 1. The molecule has 1 aliphatic rings. The summed E-state index contributed by atoms with van der Waals surface area (Å²) in [6, 6.07) is 0.545. The van der Waals surface area contributed by atoms with Crippen molar-refractivity contribution in [3.63, 3.8) is 0 Å². The summed E-state index contributed by atoms with van der Waals surface area (Å²) in [6.45, 7) is 5.98. The molecule has 0 spiro atoms. The molecule has 0 amide bonds. The molecule has 1 atom stereocenters. The van der Waals surface area contributed by atoms with Gasteiger partial charge >= 0.3 is 0 Å². The molecule has 0 aliphatic heterocycles. The maximum absolute atomic E-state index is 5.49. The molecule has 0 radical (unpaired) electrons. The van der Waals surface area contributed by atoms with Crippen molar-refractivity contribution < 1.29 is 4.74 Å². The van der Waals surface area contributed by atoms with Gasteiger partial charge in [-0.15, -0.1) is 0 Å². The lowest BCUT2D eigenvalue weighted by atomic mass is 10.3. The fourth-order valence-electron chi connectivity index (χ4n) is 1.10. The summed E-state index contributed by atoms with van der Waals surface area (Å²) >= 11 is 0. The number of rotatable bonds is 8. The molecule has 0 aromatic carbocycles. The Morgan fingerprint density at radius 2 is 2.23 bits per heavy atom. The largest absolute Gasteiger partial charge is 0.380 e. The van der Waals surface area contributed by atoms with Gasteiger partial charge in [-0.2, -0.15) is 0 Å². The molecule has 1 saturated carbocycles. The number of likely N-dealkylation sites (N-methyl/N-ethyl adjacent to an activating group) is 1. The lowest BCUT2D eigenvalue weighted by Gasteiger charge is -2.11. The Labute approximate surface area is 81.2 Å². The van der Waals surface area contributed by atoms with E-state index < -0.39 is 0 Å². The van der Waals surface area contributed by atoms with Gasteiger partial charge in [-0.05, 0) is 32.7 Å². The van der Waals surface area contributed by atoms with E-state index in [4.69, 9.17) is 4.74 Å². The molecule has 0 bridgehead atoms. The van der Waals surface area contributed by atoms with E-state index >= 15 is 0 Å². The minimum absolute atomic E-state index is 0.545. The summed E-state index contributed by atoms with van der Waals surface area (Å²) in [5.41, 5.74) is 0. The van der Waals surface area contributed by atoms with Crippen LogP contribution in [-0.2, 0) is 4.74 Å². The Balaban J connectivity index is 1.72. The minimum Gasteiger partial charge on any atom is -0.380 e. The molecule has 0 aromatic heterocycles. The molecule has 3 nitrogen and oxygen atoms in total. The molecule has 13 heavy (non-hydrogen) atoms. The molecule has 1 rings (SSSR count). The van der Waals surface area contributed by atoms with Crippen LogP contribution in [0.2, 0.25) is 0 Å². The standard InChI is InChI=1S/C10H22N2O/c1-9(11-2)7-12-5-6-13-8-10-3-4-10/h9-12H,3-8H2,1-2H3. The second-order valence-electron chi connectivity index (χ2n) is 3.91. The van der Waals surface area contributed by atoms with Gasteiger partial charge in [0.15, 0.2) is 0 Å². The van der Waals surface area contributed by atoms with E-state index in [1.807, 2.05) is 7.05 Å². The number of hydrogen-bond donors (Lipinski definition) is 2. The van der Waals surface area contributed by atoms with Crippen LogP contribution in [0.25, 0.3) is 0 Å². The van der Waals surface area contributed by atoms with Crippen molar-refractivity contribution in [2.45, 2.75) is 25.8 Å². The smallest absolute Gasteiger partial charge is 0.0591 e. The predicted octanol–water partition coefficient (Wildman–Crippen LogP) is 0.610. The Morgan fingerprint density at radius 1 is 1.46 bits per heavy atom. The van der Waals surface area contributed by atoms with Crippen molar-refractivity contribution in [1.82, 2.24) is 10.6 Å². The Kier molecular flexibility index (Phi) is 5.35. The maximum atomic E-state index is 5.49. The van der Waals surface area contributed by atoms with Crippen LogP contribution in [-0.4, -0.2) is 39.4 Å². The molecular formula is C10H22N2O. The first-order valence-electron chi connectivity index (χ1n) is 5.28. The second kappa shape index (κ2) is 6.35. The highest BCUT2D eigenvalue weighted by atomic mass is 16.5. The van der Waals surface area contributed by atoms with E-state index in [2.05, 4.69) is 17.6 Å². The molecular weight excluding hydrogens is 164 g/mol. The quantitative estimate of drug-likeness (QED) is 0.545. The predicted molar refractivity (Wildman–Crippen MR) is 54.9 cm³/mol. The van der Waals surface area contributed by atoms with Gasteiger partial charge in [0, 0.05) is 25.7 Å². The molecule has 0 heterocycles. The lowest BCUT2D eigenvalue weighted by molar-refractivity contribution is 0.126. The van der Waals surface area contributed by atoms with E-state index in [9.17, 15) is 0 Å². The van der Waals surface area contributed by atoms with Crippen LogP contribution in [0.15, 0.2) is 0 Å². The van der Waals surface area contributed by atoms with E-state index in [-0.39, 0.29) is 0 Å². The van der Waals surface area contributed by atoms with Crippen LogP contribution in [0, 0.1) is 5.92 Å². The summed E-state index contributed by atoms with van der Waals surface area (Å²) in [5.74, 6) is 0.885. The average Bonchev–Trinajstić information content (AvgIpc) is 2.94. The van der Waals surface area contributed by atoms with Crippen molar-refractivity contribution >= 4 is 0 Å². The van der Waals surface area contributed by atoms with E-state index in [1.54, 1.807) is 0 Å². The normalized spacial score (nSPS) is 18.9. The van der Waals surface area contributed by atoms with Gasteiger partial charge < -0.3 is 15.4 Å². The summed E-state index contributed by atoms with van der Waals surface area (Å²) in [6.07, 6.45) is 2.76. The fraction of sp³-hybridized carbons (Fsp3) is 1.00. The molecule has 1 unspecified atom stereocenters. The minimum atomic E-state index is 0.545. The molecule has 0 saturated heterocycles. The Hall–Kier alpha value is -0.120. The third-order valence-electron chi connectivity index (χ3n) is 2.42. The topological polar surface area (TPSA) is 33.3 Å². The highest BCUT2D eigenvalue weighted by Crippen LogP contribution is 2.28. The first-order chi connectivity index (χ1) is 6.33. The van der Waals surface area contributed by atoms with E-state index in [1.165, 1.54) is 12.8 Å². The van der Waals surface area contributed by atoms with Crippen LogP contribution in [0.4, 0.5) is 0 Å². The summed E-state index contributed by atoms with van der Waals surface area (Å²) in [7, 11) is 1.98. The van der Waals surface area contributed by atoms with Crippen molar-refractivity contribution in [3.05, 3.63) is 0 Å². The third-order valence-corrected chi connectivity index (χ3v) is 2.42. The summed E-state index contributed by atoms with van der Waals surface area (Å²) < 4.78 is 5.49. The van der Waals surface area contributed by atoms with Gasteiger partial charge in [-0.25, -0.2) is 0 Å². The van der Waals surface area contributed by atoms with Crippen molar-refractivity contribution in [3.8, 4) is 0 Å². The van der Waals surface area contributed by atoms with Gasteiger partial charge in [0.05, 0.1) is 6.61 Å². The number of hydrogen-bond acceptors (Lipinski definition) is 3. The SMILES string of the molecule is CNC(C)CNCCOCC1CC1. The van der Waals surface area contributed by atoms with Gasteiger partial charge in [0.2, 0.25) is 0 Å². The average molecular weight is 186 g/mol. The fourth-order valence-corrected chi connectivity index (χ4v) is 1.10. The van der Waals surface area contributed by atoms with Crippen LogP contribution >= 0.6 is 0 Å². The monoisotopic (exact) mass is 186 g/mol. The van der Waals surface area contributed by atoms with Crippen LogP contribution < -0.4 is 10.6 Å². The second-order valence-corrected chi connectivity index (χ2v) is 3.91. The van der Waals surface area contributed by atoms with Gasteiger partial charge in [0.25, 0.3) is 0 Å². The summed E-state index contributed by atoms with van der Waals surface area (Å²) in [5, 5.41) is 6.52. The molecule has 0 aromatic rings. The van der Waals surface area contributed by atoms with Crippen LogP contribution in [0.3, 0.4) is 0 Å². The number of nitrogens with one attached hydrogen (secondary N) is 2. The van der Waals surface area contributed by atoms with Crippen LogP contribution in [0.5, 0.6) is 0 Å². The zero-order valence-corrected chi connectivity index (χ0v) is 8.81. The van der Waals surface area contributed by atoms with Gasteiger partial charge in [-0.1, -0.05) is 0 Å². The highest BCUT2D eigenvalue weighted by molar-refractivity contribution is 4.72. The van der Waals surface area contributed by atoms with E-state index in [0.717, 1.165) is 32.2 Å². The first-order valence-corrected chi connectivity index (χ1v) is 5.28. The van der Waals surface area contributed by atoms with Crippen molar-refractivity contribution in [1.29, 1.82) is 0 Å². The van der Waals surface area contributed by atoms with Gasteiger partial charge in [-0.3, -0.25) is 0 Å². The Morgan fingerprint density at radius 3 is 2.85 bits per heavy atom. The summed E-state index contributed by atoms with van der Waals surface area (Å²) in [4.78, 5) is 0. The zero-order chi connectivity index (χ0) is 9.52. The molecule has 1 aliphatic carbocycles. The molecule has 78 valence electrons. The zero-order valence-electron chi connectivity index (χ0n) is 8.81. The molecule has 2 N–H and O–H groups in total.